The highest BCUT2D eigenvalue weighted by Crippen LogP contribution is 2.10. The molecule has 94 valence electrons. The number of carbonyl (C=O) groups is 1. The summed E-state index contributed by atoms with van der Waals surface area (Å²) in [6.45, 7) is 4.51. The largest absolute Gasteiger partial charge is 0.481 e. The van der Waals surface area contributed by atoms with Gasteiger partial charge >= 0.3 is 5.97 Å². The maximum Gasteiger partial charge on any atom is 0.305 e. The van der Waals surface area contributed by atoms with E-state index in [-0.39, 0.29) is 6.42 Å². The topological polar surface area (TPSA) is 87.1 Å². The first kappa shape index (κ1) is 13.2. The Bertz CT molecular complexity index is 370. The van der Waals surface area contributed by atoms with Gasteiger partial charge in [0.25, 0.3) is 0 Å². The van der Waals surface area contributed by atoms with E-state index >= 15 is 0 Å². The third kappa shape index (κ3) is 5.14. The Kier molecular flexibility index (Phi) is 5.19. The Labute approximate surface area is 100 Å². The normalized spacial score (nSPS) is 11.9. The maximum atomic E-state index is 10.4. The summed E-state index contributed by atoms with van der Waals surface area (Å²) in [5, 5.41) is 14.7. The summed E-state index contributed by atoms with van der Waals surface area (Å²) in [5.74, 6) is 0.545. The lowest BCUT2D eigenvalue weighted by Crippen LogP contribution is -2.15. The highest BCUT2D eigenvalue weighted by atomic mass is 16.4. The van der Waals surface area contributed by atoms with Crippen molar-refractivity contribution >= 4 is 17.6 Å². The van der Waals surface area contributed by atoms with Gasteiger partial charge in [-0.05, 0) is 13.3 Å². The van der Waals surface area contributed by atoms with E-state index in [0.29, 0.717) is 18.4 Å². The number of carboxylic acids is 1. The Hall–Kier alpha value is -1.85. The van der Waals surface area contributed by atoms with Gasteiger partial charge in [-0.15, -0.1) is 0 Å². The summed E-state index contributed by atoms with van der Waals surface area (Å²) < 4.78 is 0. The van der Waals surface area contributed by atoms with Gasteiger partial charge in [0, 0.05) is 18.7 Å². The monoisotopic (exact) mass is 238 g/mol. The first-order valence-corrected chi connectivity index (χ1v) is 5.66. The van der Waals surface area contributed by atoms with Crippen LogP contribution in [-0.4, -0.2) is 33.6 Å². The molecule has 1 heterocycles. The second-order valence-corrected chi connectivity index (χ2v) is 3.81. The molecule has 0 aliphatic heterocycles. The number of nitrogens with zero attached hydrogens (tertiary/aromatic N) is 2. The van der Waals surface area contributed by atoms with Crippen LogP contribution in [0.1, 0.15) is 26.7 Å². The molecule has 0 aromatic carbocycles. The Morgan fingerprint density at radius 3 is 2.82 bits per heavy atom. The zero-order chi connectivity index (χ0) is 12.7. The van der Waals surface area contributed by atoms with E-state index in [1.165, 1.54) is 6.33 Å². The smallest absolute Gasteiger partial charge is 0.305 e. The van der Waals surface area contributed by atoms with E-state index in [4.69, 9.17) is 5.11 Å². The van der Waals surface area contributed by atoms with Crippen LogP contribution in [0, 0.1) is 0 Å². The molecule has 0 spiro atoms. The fraction of sp³-hybridized carbons (Fsp3) is 0.545. The minimum atomic E-state index is -0.829. The molecule has 0 radical (unpaired) electrons. The van der Waals surface area contributed by atoms with Gasteiger partial charge in [0.2, 0.25) is 0 Å². The molecule has 0 saturated heterocycles. The van der Waals surface area contributed by atoms with Crippen molar-refractivity contribution in [3.05, 3.63) is 12.4 Å². The zero-order valence-electron chi connectivity index (χ0n) is 10.1. The van der Waals surface area contributed by atoms with E-state index in [0.717, 1.165) is 12.2 Å². The van der Waals surface area contributed by atoms with Crippen molar-refractivity contribution in [1.29, 1.82) is 0 Å². The van der Waals surface area contributed by atoms with Crippen LogP contribution in [0.3, 0.4) is 0 Å². The number of rotatable bonds is 7. The fourth-order valence-corrected chi connectivity index (χ4v) is 1.18. The van der Waals surface area contributed by atoms with Crippen LogP contribution in [0.15, 0.2) is 12.4 Å². The third-order valence-corrected chi connectivity index (χ3v) is 2.32. The maximum absolute atomic E-state index is 10.4. The van der Waals surface area contributed by atoms with Crippen LogP contribution in [0.4, 0.5) is 11.6 Å². The molecule has 1 atom stereocenters. The summed E-state index contributed by atoms with van der Waals surface area (Å²) in [6, 6.07) is 2.12. The van der Waals surface area contributed by atoms with Crippen LogP contribution >= 0.6 is 0 Å². The molecule has 6 nitrogen and oxygen atoms in total. The predicted molar refractivity (Wildman–Crippen MR) is 66.2 cm³/mol. The first-order valence-electron chi connectivity index (χ1n) is 5.66. The van der Waals surface area contributed by atoms with Crippen molar-refractivity contribution < 1.29 is 9.90 Å². The molecule has 6 heteroatoms. The lowest BCUT2D eigenvalue weighted by Gasteiger charge is -2.12. The molecule has 17 heavy (non-hydrogen) atoms. The molecule has 0 aliphatic carbocycles. The van der Waals surface area contributed by atoms with Crippen LogP contribution in [-0.2, 0) is 4.79 Å². The van der Waals surface area contributed by atoms with Crippen molar-refractivity contribution in [2.24, 2.45) is 0 Å². The number of aliphatic carboxylic acids is 1. The van der Waals surface area contributed by atoms with Crippen molar-refractivity contribution in [1.82, 2.24) is 9.97 Å². The second kappa shape index (κ2) is 6.67. The summed E-state index contributed by atoms with van der Waals surface area (Å²) in [7, 11) is 0. The van der Waals surface area contributed by atoms with E-state index in [1.54, 1.807) is 6.07 Å². The molecule has 1 unspecified atom stereocenters. The standard InChI is InChI=1S/C11H18N4O2/c1-3-8(2)15-10-6-9(13-7-14-10)12-5-4-11(16)17/h6-8H,3-5H2,1-2H3,(H,16,17)(H2,12,13,14,15). The number of nitrogens with one attached hydrogen (secondary N) is 2. The lowest BCUT2D eigenvalue weighted by atomic mass is 10.2. The molecule has 0 fully saturated rings. The molecule has 0 aliphatic rings. The van der Waals surface area contributed by atoms with Gasteiger partial charge in [0.1, 0.15) is 18.0 Å². The van der Waals surface area contributed by atoms with Crippen LogP contribution in [0.2, 0.25) is 0 Å². The summed E-state index contributed by atoms with van der Waals surface area (Å²) in [4.78, 5) is 18.5. The van der Waals surface area contributed by atoms with Crippen LogP contribution < -0.4 is 10.6 Å². The van der Waals surface area contributed by atoms with Gasteiger partial charge in [-0.25, -0.2) is 9.97 Å². The van der Waals surface area contributed by atoms with E-state index in [9.17, 15) is 4.79 Å². The van der Waals surface area contributed by atoms with E-state index in [2.05, 4.69) is 34.4 Å². The first-order chi connectivity index (χ1) is 8.11. The molecule has 0 amide bonds. The van der Waals surface area contributed by atoms with Crippen molar-refractivity contribution in [3.63, 3.8) is 0 Å². The average Bonchev–Trinajstić information content (AvgIpc) is 2.29. The van der Waals surface area contributed by atoms with Gasteiger partial charge in [0.15, 0.2) is 0 Å². The lowest BCUT2D eigenvalue weighted by molar-refractivity contribution is -0.136. The average molecular weight is 238 g/mol. The van der Waals surface area contributed by atoms with Gasteiger partial charge in [-0.2, -0.15) is 0 Å². The van der Waals surface area contributed by atoms with Crippen molar-refractivity contribution in [2.75, 3.05) is 17.2 Å². The Balaban J connectivity index is 2.50. The van der Waals surface area contributed by atoms with Crippen molar-refractivity contribution in [2.45, 2.75) is 32.7 Å². The van der Waals surface area contributed by atoms with E-state index < -0.39 is 5.97 Å². The molecule has 0 saturated carbocycles. The number of anilines is 2. The summed E-state index contributed by atoms with van der Waals surface area (Å²) in [5.41, 5.74) is 0. The Morgan fingerprint density at radius 1 is 1.47 bits per heavy atom. The summed E-state index contributed by atoms with van der Waals surface area (Å²) in [6.07, 6.45) is 2.53. The second-order valence-electron chi connectivity index (χ2n) is 3.81. The zero-order valence-corrected chi connectivity index (χ0v) is 10.1. The molecule has 1 rings (SSSR count). The van der Waals surface area contributed by atoms with Crippen LogP contribution in [0.5, 0.6) is 0 Å². The molecule has 1 aromatic heterocycles. The quantitative estimate of drug-likeness (QED) is 0.668. The molecular formula is C11H18N4O2. The molecule has 0 bridgehead atoms. The predicted octanol–water partition coefficient (Wildman–Crippen LogP) is 1.57. The minimum Gasteiger partial charge on any atom is -0.481 e. The van der Waals surface area contributed by atoms with E-state index in [1.807, 2.05) is 0 Å². The molecule has 1 aromatic rings. The highest BCUT2D eigenvalue weighted by Gasteiger charge is 2.02. The molecule has 3 N–H and O–H groups in total. The minimum absolute atomic E-state index is 0.0676. The van der Waals surface area contributed by atoms with Gasteiger partial charge in [-0.1, -0.05) is 6.92 Å². The van der Waals surface area contributed by atoms with Crippen molar-refractivity contribution in [3.8, 4) is 0 Å². The van der Waals surface area contributed by atoms with Crippen LogP contribution in [0.25, 0.3) is 0 Å². The summed E-state index contributed by atoms with van der Waals surface area (Å²) >= 11 is 0. The highest BCUT2D eigenvalue weighted by molar-refractivity contribution is 5.67. The number of carboxylic acid groups (broad SMARTS) is 1. The van der Waals surface area contributed by atoms with Gasteiger partial charge in [0.05, 0.1) is 6.42 Å². The third-order valence-electron chi connectivity index (χ3n) is 2.32. The van der Waals surface area contributed by atoms with Gasteiger partial charge in [-0.3, -0.25) is 4.79 Å². The SMILES string of the molecule is CCC(C)Nc1cc(NCCC(=O)O)ncn1. The number of hydrogen-bond acceptors (Lipinski definition) is 5. The molecular weight excluding hydrogens is 220 g/mol. The van der Waals surface area contributed by atoms with Gasteiger partial charge < -0.3 is 15.7 Å². The fourth-order valence-electron chi connectivity index (χ4n) is 1.18. The Morgan fingerprint density at radius 2 is 2.18 bits per heavy atom. The number of hydrogen-bond donors (Lipinski definition) is 3. The number of aromatic nitrogens is 2.